The van der Waals surface area contributed by atoms with E-state index < -0.39 is 0 Å². The van der Waals surface area contributed by atoms with E-state index in [4.69, 9.17) is 0 Å². The molecule has 7 heteroatoms. The lowest BCUT2D eigenvalue weighted by Gasteiger charge is -1.99. The quantitative estimate of drug-likeness (QED) is 0.646. The summed E-state index contributed by atoms with van der Waals surface area (Å²) < 4.78 is 0. The number of hydrogen-bond donors (Lipinski definition) is 1. The predicted octanol–water partition coefficient (Wildman–Crippen LogP) is 4.11. The first-order valence-electron chi connectivity index (χ1n) is 8.32. The average Bonchev–Trinajstić information content (AvgIpc) is 3.23. The highest BCUT2D eigenvalue weighted by Gasteiger charge is 2.11. The summed E-state index contributed by atoms with van der Waals surface area (Å²) in [6.07, 6.45) is 4.18. The molecule has 1 N–H and O–H groups in total. The van der Waals surface area contributed by atoms with Crippen LogP contribution in [0.3, 0.4) is 0 Å². The molecule has 0 bridgehead atoms. The Morgan fingerprint density at radius 2 is 2.00 bits per heavy atom. The Morgan fingerprint density at radius 3 is 2.80 bits per heavy atom. The summed E-state index contributed by atoms with van der Waals surface area (Å²) in [5.41, 5.74) is 2.02. The van der Waals surface area contributed by atoms with Crippen molar-refractivity contribution in [2.75, 3.05) is 5.32 Å². The molecule has 1 amide bonds. The molecule has 0 unspecified atom stereocenters. The van der Waals surface area contributed by atoms with Crippen molar-refractivity contribution in [1.82, 2.24) is 15.2 Å². The Hall–Kier alpha value is -2.12. The number of anilines is 1. The summed E-state index contributed by atoms with van der Waals surface area (Å²) in [4.78, 5) is 16.7. The number of thiazole rings is 1. The summed E-state index contributed by atoms with van der Waals surface area (Å²) in [6.45, 7) is 2.14. The molecule has 0 aliphatic rings. The fraction of sp³-hybridized carbons (Fsp3) is 0.333. The van der Waals surface area contributed by atoms with Crippen LogP contribution in [-0.4, -0.2) is 21.1 Å². The van der Waals surface area contributed by atoms with Crippen LogP contribution in [0.25, 0.3) is 0 Å². The van der Waals surface area contributed by atoms with Gasteiger partial charge in [-0.2, -0.15) is 0 Å². The van der Waals surface area contributed by atoms with Gasteiger partial charge in [0.1, 0.15) is 5.01 Å². The summed E-state index contributed by atoms with van der Waals surface area (Å²) in [6, 6.07) is 10.2. The van der Waals surface area contributed by atoms with Gasteiger partial charge in [-0.3, -0.25) is 4.79 Å². The van der Waals surface area contributed by atoms with Gasteiger partial charge in [0, 0.05) is 18.2 Å². The number of hydrogen-bond acceptors (Lipinski definition) is 6. The number of nitrogens with one attached hydrogen (secondary N) is 1. The van der Waals surface area contributed by atoms with Gasteiger partial charge in [-0.1, -0.05) is 55.0 Å². The highest BCUT2D eigenvalue weighted by Crippen LogP contribution is 2.18. The molecular weight excluding hydrogens is 352 g/mol. The number of amides is 1. The Kier molecular flexibility index (Phi) is 6.25. The van der Waals surface area contributed by atoms with Gasteiger partial charge in [-0.05, 0) is 12.0 Å². The first-order valence-corrected chi connectivity index (χ1v) is 10.0. The molecule has 130 valence electrons. The fourth-order valence-corrected chi connectivity index (χ4v) is 3.97. The lowest BCUT2D eigenvalue weighted by molar-refractivity contribution is -0.115. The highest BCUT2D eigenvalue weighted by molar-refractivity contribution is 7.15. The summed E-state index contributed by atoms with van der Waals surface area (Å²) in [7, 11) is 0. The maximum atomic E-state index is 12.2. The molecular formula is C18H20N4OS2. The molecule has 1 aromatic carbocycles. The molecule has 2 heterocycles. The lowest BCUT2D eigenvalue weighted by Crippen LogP contribution is -2.14. The van der Waals surface area contributed by atoms with Crippen molar-refractivity contribution < 1.29 is 4.79 Å². The maximum absolute atomic E-state index is 12.2. The van der Waals surface area contributed by atoms with Crippen molar-refractivity contribution >= 4 is 33.7 Å². The van der Waals surface area contributed by atoms with E-state index in [0.29, 0.717) is 5.13 Å². The van der Waals surface area contributed by atoms with E-state index in [1.165, 1.54) is 16.9 Å². The molecule has 0 fully saturated rings. The number of aromatic nitrogens is 3. The van der Waals surface area contributed by atoms with Crippen LogP contribution in [0.15, 0.2) is 35.7 Å². The van der Waals surface area contributed by atoms with Crippen LogP contribution in [0.4, 0.5) is 5.13 Å². The molecule has 0 radical (unpaired) electrons. The molecule has 3 aromatic rings. The van der Waals surface area contributed by atoms with Crippen molar-refractivity contribution in [3.63, 3.8) is 0 Å². The van der Waals surface area contributed by atoms with Crippen LogP contribution in [0.1, 0.15) is 41.0 Å². The number of rotatable bonds is 8. The Balaban J connectivity index is 1.52. The van der Waals surface area contributed by atoms with E-state index in [1.807, 2.05) is 23.6 Å². The van der Waals surface area contributed by atoms with Crippen molar-refractivity contribution in [3.8, 4) is 0 Å². The molecule has 3 rings (SSSR count). The number of aryl methyl sites for hydroxylation is 1. The Bertz CT molecular complexity index is 813. The largest absolute Gasteiger partial charge is 0.300 e. The van der Waals surface area contributed by atoms with E-state index in [0.717, 1.165) is 41.4 Å². The number of carbonyl (C=O) groups excluding carboxylic acids is 1. The van der Waals surface area contributed by atoms with E-state index in [1.54, 1.807) is 11.3 Å². The van der Waals surface area contributed by atoms with Crippen LogP contribution in [0.5, 0.6) is 0 Å². The summed E-state index contributed by atoms with van der Waals surface area (Å²) in [5.74, 6) is -0.102. The van der Waals surface area contributed by atoms with E-state index in [2.05, 4.69) is 39.6 Å². The van der Waals surface area contributed by atoms with Gasteiger partial charge in [-0.15, -0.1) is 21.5 Å². The van der Waals surface area contributed by atoms with Crippen LogP contribution in [-0.2, 0) is 24.1 Å². The van der Waals surface area contributed by atoms with Crippen molar-refractivity contribution in [2.24, 2.45) is 0 Å². The minimum Gasteiger partial charge on any atom is -0.300 e. The SMILES string of the molecule is CCCCc1nnc(NC(=O)Cc2csc(Cc3ccccc3)n2)s1. The van der Waals surface area contributed by atoms with Gasteiger partial charge in [0.15, 0.2) is 0 Å². The third-order valence-corrected chi connectivity index (χ3v) is 5.39. The first-order chi connectivity index (χ1) is 12.2. The molecule has 0 aliphatic carbocycles. The summed E-state index contributed by atoms with van der Waals surface area (Å²) in [5, 5.41) is 15.5. The second-order valence-electron chi connectivity index (χ2n) is 5.72. The molecule has 2 aromatic heterocycles. The molecule has 25 heavy (non-hydrogen) atoms. The molecule has 5 nitrogen and oxygen atoms in total. The van der Waals surface area contributed by atoms with Crippen LogP contribution < -0.4 is 5.32 Å². The topological polar surface area (TPSA) is 67.8 Å². The van der Waals surface area contributed by atoms with E-state index in [9.17, 15) is 4.79 Å². The normalized spacial score (nSPS) is 10.8. The summed E-state index contributed by atoms with van der Waals surface area (Å²) >= 11 is 3.04. The van der Waals surface area contributed by atoms with Crippen molar-refractivity contribution in [2.45, 2.75) is 39.0 Å². The minimum absolute atomic E-state index is 0.102. The van der Waals surface area contributed by atoms with Crippen molar-refractivity contribution in [1.29, 1.82) is 0 Å². The van der Waals surface area contributed by atoms with Gasteiger partial charge in [-0.25, -0.2) is 4.98 Å². The van der Waals surface area contributed by atoms with Gasteiger partial charge < -0.3 is 5.32 Å². The monoisotopic (exact) mass is 372 g/mol. The first kappa shape index (κ1) is 17.7. The average molecular weight is 373 g/mol. The number of carbonyl (C=O) groups is 1. The van der Waals surface area contributed by atoms with E-state index in [-0.39, 0.29) is 12.3 Å². The van der Waals surface area contributed by atoms with Crippen LogP contribution >= 0.6 is 22.7 Å². The third-order valence-electron chi connectivity index (χ3n) is 3.60. The van der Waals surface area contributed by atoms with Gasteiger partial charge >= 0.3 is 0 Å². The van der Waals surface area contributed by atoms with E-state index >= 15 is 0 Å². The van der Waals surface area contributed by atoms with Crippen LogP contribution in [0.2, 0.25) is 0 Å². The Labute approximate surface area is 155 Å². The second-order valence-corrected chi connectivity index (χ2v) is 7.73. The Morgan fingerprint density at radius 1 is 1.16 bits per heavy atom. The zero-order valence-electron chi connectivity index (χ0n) is 14.1. The number of benzene rings is 1. The van der Waals surface area contributed by atoms with Crippen LogP contribution in [0, 0.1) is 0 Å². The minimum atomic E-state index is -0.102. The second kappa shape index (κ2) is 8.82. The molecule has 0 saturated heterocycles. The smallest absolute Gasteiger partial charge is 0.232 e. The molecule has 0 aliphatic heterocycles. The predicted molar refractivity (Wildman–Crippen MR) is 102 cm³/mol. The van der Waals surface area contributed by atoms with Gasteiger partial charge in [0.25, 0.3) is 0 Å². The molecule has 0 spiro atoms. The lowest BCUT2D eigenvalue weighted by atomic mass is 10.2. The van der Waals surface area contributed by atoms with Crippen molar-refractivity contribution in [3.05, 3.63) is 57.0 Å². The van der Waals surface area contributed by atoms with Gasteiger partial charge in [0.2, 0.25) is 11.0 Å². The van der Waals surface area contributed by atoms with Gasteiger partial charge in [0.05, 0.1) is 17.1 Å². The standard InChI is InChI=1S/C18H20N4OS2/c1-2-3-9-16-21-22-18(25-16)20-15(23)11-14-12-24-17(19-14)10-13-7-5-4-6-8-13/h4-8,12H,2-3,9-11H2,1H3,(H,20,22,23). The third kappa shape index (κ3) is 5.44. The maximum Gasteiger partial charge on any atom is 0.232 e. The highest BCUT2D eigenvalue weighted by atomic mass is 32.1. The fourth-order valence-electron chi connectivity index (χ4n) is 2.34. The molecule has 0 atom stereocenters. The molecule has 0 saturated carbocycles. The zero-order valence-corrected chi connectivity index (χ0v) is 15.7. The zero-order chi connectivity index (χ0) is 17.5. The number of unbranched alkanes of at least 4 members (excludes halogenated alkanes) is 1. The number of nitrogens with zero attached hydrogens (tertiary/aromatic N) is 3.